The molecule has 0 aromatic heterocycles. The third-order valence-corrected chi connectivity index (χ3v) is 4.43. The number of hydrogen-bond acceptors (Lipinski definition) is 3. The zero-order chi connectivity index (χ0) is 18.6. The van der Waals surface area contributed by atoms with Crippen LogP contribution in [-0.2, 0) is 4.79 Å². The predicted molar refractivity (Wildman–Crippen MR) is 112 cm³/mol. The highest BCUT2D eigenvalue weighted by atomic mass is 79.9. The molecule has 0 radical (unpaired) electrons. The third kappa shape index (κ3) is 7.91. The van der Waals surface area contributed by atoms with E-state index in [0.717, 1.165) is 34.6 Å². The maximum Gasteiger partial charge on any atom is 0.243 e. The van der Waals surface area contributed by atoms with E-state index >= 15 is 0 Å². The van der Waals surface area contributed by atoms with Crippen LogP contribution >= 0.6 is 15.9 Å². The number of carbonyl (C=O) groups excluding carboxylic acids is 1. The second kappa shape index (κ2) is 11.6. The summed E-state index contributed by atoms with van der Waals surface area (Å²) in [6.07, 6.45) is 6.16. The normalized spacial score (nSPS) is 10.4. The minimum absolute atomic E-state index is 0.0875. The van der Waals surface area contributed by atoms with Gasteiger partial charge < -0.3 is 15.4 Å². The Kier molecular flexibility index (Phi) is 9.04. The van der Waals surface area contributed by atoms with Gasteiger partial charge in [-0.2, -0.15) is 0 Å². The molecule has 0 atom stereocenters. The molecule has 2 N–H and O–H groups in total. The fourth-order valence-electron chi connectivity index (χ4n) is 2.52. The van der Waals surface area contributed by atoms with E-state index in [9.17, 15) is 4.79 Å². The molecule has 5 heteroatoms. The fraction of sp³-hybridized carbons (Fsp3) is 0.381. The average Bonchev–Trinajstić information content (AvgIpc) is 2.64. The smallest absolute Gasteiger partial charge is 0.243 e. The van der Waals surface area contributed by atoms with E-state index in [1.165, 1.54) is 25.7 Å². The minimum Gasteiger partial charge on any atom is -0.494 e. The Balaban J connectivity index is 1.67. The van der Waals surface area contributed by atoms with E-state index in [1.807, 2.05) is 48.5 Å². The lowest BCUT2D eigenvalue weighted by atomic mass is 10.2. The molecule has 0 aliphatic rings. The molecule has 0 saturated heterocycles. The van der Waals surface area contributed by atoms with Crippen LogP contribution in [0.15, 0.2) is 53.0 Å². The highest BCUT2D eigenvalue weighted by Crippen LogP contribution is 2.17. The molecule has 0 heterocycles. The van der Waals surface area contributed by atoms with Crippen LogP contribution < -0.4 is 15.4 Å². The molecule has 4 nitrogen and oxygen atoms in total. The van der Waals surface area contributed by atoms with Gasteiger partial charge in [-0.25, -0.2) is 0 Å². The Hall–Kier alpha value is -2.01. The van der Waals surface area contributed by atoms with Crippen LogP contribution in [0.4, 0.5) is 11.4 Å². The first-order valence-electron chi connectivity index (χ1n) is 9.19. The van der Waals surface area contributed by atoms with Crippen LogP contribution in [0.2, 0.25) is 0 Å². The lowest BCUT2D eigenvalue weighted by Crippen LogP contribution is -2.21. The molecule has 0 spiro atoms. The third-order valence-electron chi connectivity index (χ3n) is 3.93. The predicted octanol–water partition coefficient (Wildman–Crippen LogP) is 5.85. The minimum atomic E-state index is -0.0875. The Morgan fingerprint density at radius 2 is 1.77 bits per heavy atom. The van der Waals surface area contributed by atoms with Gasteiger partial charge in [-0.05, 0) is 48.9 Å². The number of rotatable bonds is 11. The van der Waals surface area contributed by atoms with Gasteiger partial charge in [0.15, 0.2) is 0 Å². The van der Waals surface area contributed by atoms with E-state index in [0.29, 0.717) is 0 Å². The SMILES string of the molecule is CCCCCCCOc1ccc(NCC(=O)Nc2cccc(Br)c2)cc1. The summed E-state index contributed by atoms with van der Waals surface area (Å²) in [6, 6.07) is 15.3. The van der Waals surface area contributed by atoms with Crippen LogP contribution in [0.3, 0.4) is 0 Å². The maximum atomic E-state index is 12.0. The van der Waals surface area contributed by atoms with Crippen LogP contribution in [0, 0.1) is 0 Å². The number of unbranched alkanes of at least 4 members (excludes halogenated alkanes) is 4. The molecule has 2 rings (SSSR count). The molecule has 0 aliphatic carbocycles. The van der Waals surface area contributed by atoms with Crippen molar-refractivity contribution in [3.8, 4) is 5.75 Å². The number of benzene rings is 2. The molecule has 0 unspecified atom stereocenters. The van der Waals surface area contributed by atoms with Gasteiger partial charge in [0, 0.05) is 15.8 Å². The van der Waals surface area contributed by atoms with Crippen molar-refractivity contribution >= 4 is 33.2 Å². The Bertz CT molecular complexity index is 674. The van der Waals surface area contributed by atoms with Crippen molar-refractivity contribution in [2.24, 2.45) is 0 Å². The summed E-state index contributed by atoms with van der Waals surface area (Å²) < 4.78 is 6.68. The summed E-state index contributed by atoms with van der Waals surface area (Å²) in [7, 11) is 0. The summed E-state index contributed by atoms with van der Waals surface area (Å²) in [6.45, 7) is 3.19. The summed E-state index contributed by atoms with van der Waals surface area (Å²) in [5.41, 5.74) is 1.67. The number of nitrogens with one attached hydrogen (secondary N) is 2. The van der Waals surface area contributed by atoms with Gasteiger partial charge in [0.1, 0.15) is 5.75 Å². The lowest BCUT2D eigenvalue weighted by Gasteiger charge is -2.10. The van der Waals surface area contributed by atoms with Gasteiger partial charge in [-0.15, -0.1) is 0 Å². The van der Waals surface area contributed by atoms with Gasteiger partial charge >= 0.3 is 0 Å². The van der Waals surface area contributed by atoms with Gasteiger partial charge in [-0.1, -0.05) is 54.6 Å². The highest BCUT2D eigenvalue weighted by molar-refractivity contribution is 9.10. The molecule has 0 fully saturated rings. The molecule has 2 aromatic rings. The number of halogens is 1. The molecule has 0 saturated carbocycles. The topological polar surface area (TPSA) is 50.4 Å². The van der Waals surface area contributed by atoms with E-state index in [4.69, 9.17) is 4.74 Å². The standard InChI is InChI=1S/C21H27BrN2O2/c1-2-3-4-5-6-14-26-20-12-10-18(11-13-20)23-16-21(25)24-19-9-7-8-17(22)15-19/h7-13,15,23H,2-6,14,16H2,1H3,(H,24,25). The van der Waals surface area contributed by atoms with Crippen molar-refractivity contribution in [2.45, 2.75) is 39.0 Å². The second-order valence-corrected chi connectivity index (χ2v) is 7.11. The van der Waals surface area contributed by atoms with Crippen LogP contribution in [0.25, 0.3) is 0 Å². The number of carbonyl (C=O) groups is 1. The van der Waals surface area contributed by atoms with E-state index in [2.05, 4.69) is 33.5 Å². The van der Waals surface area contributed by atoms with Gasteiger partial charge in [-0.3, -0.25) is 4.79 Å². The molecule has 2 aromatic carbocycles. The van der Waals surface area contributed by atoms with E-state index < -0.39 is 0 Å². The largest absolute Gasteiger partial charge is 0.494 e. The first-order chi connectivity index (χ1) is 12.7. The van der Waals surface area contributed by atoms with Crippen molar-refractivity contribution < 1.29 is 9.53 Å². The van der Waals surface area contributed by atoms with Gasteiger partial charge in [0.2, 0.25) is 5.91 Å². The van der Waals surface area contributed by atoms with Gasteiger partial charge in [0.05, 0.1) is 13.2 Å². The highest BCUT2D eigenvalue weighted by Gasteiger charge is 2.03. The van der Waals surface area contributed by atoms with Crippen LogP contribution in [0.1, 0.15) is 39.0 Å². The molecule has 1 amide bonds. The average molecular weight is 419 g/mol. The lowest BCUT2D eigenvalue weighted by molar-refractivity contribution is -0.114. The quantitative estimate of drug-likeness (QED) is 0.450. The van der Waals surface area contributed by atoms with Crippen molar-refractivity contribution in [1.82, 2.24) is 0 Å². The molecular weight excluding hydrogens is 392 g/mol. The first kappa shape index (κ1) is 20.3. The summed E-state index contributed by atoms with van der Waals surface area (Å²) >= 11 is 3.39. The molecule has 0 aliphatic heterocycles. The maximum absolute atomic E-state index is 12.0. The van der Waals surface area contributed by atoms with Crippen molar-refractivity contribution in [2.75, 3.05) is 23.8 Å². The Morgan fingerprint density at radius 1 is 1.00 bits per heavy atom. The summed E-state index contributed by atoms with van der Waals surface area (Å²) in [5.74, 6) is 0.778. The van der Waals surface area contributed by atoms with E-state index in [-0.39, 0.29) is 12.5 Å². The summed E-state index contributed by atoms with van der Waals surface area (Å²) in [4.78, 5) is 12.0. The van der Waals surface area contributed by atoms with Crippen molar-refractivity contribution in [1.29, 1.82) is 0 Å². The van der Waals surface area contributed by atoms with Crippen molar-refractivity contribution in [3.63, 3.8) is 0 Å². The zero-order valence-corrected chi connectivity index (χ0v) is 16.8. The summed E-state index contributed by atoms with van der Waals surface area (Å²) in [5, 5.41) is 5.97. The van der Waals surface area contributed by atoms with Crippen LogP contribution in [0.5, 0.6) is 5.75 Å². The number of amides is 1. The fourth-order valence-corrected chi connectivity index (χ4v) is 2.92. The Morgan fingerprint density at radius 3 is 2.50 bits per heavy atom. The monoisotopic (exact) mass is 418 g/mol. The van der Waals surface area contributed by atoms with E-state index in [1.54, 1.807) is 0 Å². The van der Waals surface area contributed by atoms with Gasteiger partial charge in [0.25, 0.3) is 0 Å². The molecular formula is C21H27BrN2O2. The Labute approximate surface area is 164 Å². The number of hydrogen-bond donors (Lipinski definition) is 2. The molecule has 0 bridgehead atoms. The molecule has 26 heavy (non-hydrogen) atoms. The van der Waals surface area contributed by atoms with Crippen LogP contribution in [-0.4, -0.2) is 19.1 Å². The number of anilines is 2. The van der Waals surface area contributed by atoms with Crippen molar-refractivity contribution in [3.05, 3.63) is 53.0 Å². The zero-order valence-electron chi connectivity index (χ0n) is 15.3. The first-order valence-corrected chi connectivity index (χ1v) is 9.99. The number of ether oxygens (including phenoxy) is 1. The second-order valence-electron chi connectivity index (χ2n) is 6.20. The molecule has 140 valence electrons.